The maximum atomic E-state index is 8.70. The largest absolute Gasteiger partial charge is 1.00 e. The van der Waals surface area contributed by atoms with E-state index in [9.17, 15) is 0 Å². The first-order valence-electron chi connectivity index (χ1n) is 6.98. The van der Waals surface area contributed by atoms with Crippen LogP contribution in [0.15, 0.2) is 48.5 Å². The quantitative estimate of drug-likeness (QED) is 0.679. The lowest BCUT2D eigenvalue weighted by Gasteiger charge is -2.10. The van der Waals surface area contributed by atoms with Crippen molar-refractivity contribution in [3.63, 3.8) is 0 Å². The van der Waals surface area contributed by atoms with Gasteiger partial charge in [-0.15, -0.1) is 0 Å². The monoisotopic (exact) mass is 322 g/mol. The number of ether oxygens (including phenoxy) is 2. The van der Waals surface area contributed by atoms with E-state index in [1.807, 2.05) is 42.5 Å². The maximum Gasteiger partial charge on any atom is 0.123 e. The van der Waals surface area contributed by atoms with Crippen LogP contribution >= 0.6 is 0 Å². The molecule has 0 aliphatic rings. The van der Waals surface area contributed by atoms with Crippen molar-refractivity contribution in [3.8, 4) is 11.5 Å². The number of methoxy groups -OCH3 is 1. The SMILES string of the molecule is COc1ccccc1CNCc1ccc(OCCO)cc1.[Cl-]. The Balaban J connectivity index is 0.00000242. The number of benzene rings is 2. The van der Waals surface area contributed by atoms with Crippen LogP contribution in [0.25, 0.3) is 0 Å². The minimum atomic E-state index is 0. The van der Waals surface area contributed by atoms with Gasteiger partial charge < -0.3 is 32.3 Å². The molecule has 0 bridgehead atoms. The molecular weight excluding hydrogens is 302 g/mol. The molecular formula is C17H21ClNO3-. The van der Waals surface area contributed by atoms with Gasteiger partial charge in [0.15, 0.2) is 0 Å². The summed E-state index contributed by atoms with van der Waals surface area (Å²) in [6.07, 6.45) is 0. The summed E-state index contributed by atoms with van der Waals surface area (Å²) in [6.45, 7) is 1.89. The summed E-state index contributed by atoms with van der Waals surface area (Å²) in [7, 11) is 1.68. The number of hydrogen-bond donors (Lipinski definition) is 2. The molecule has 2 N–H and O–H groups in total. The summed E-state index contributed by atoms with van der Waals surface area (Å²) in [5, 5.41) is 12.1. The zero-order valence-electron chi connectivity index (χ0n) is 12.6. The van der Waals surface area contributed by atoms with E-state index in [1.165, 1.54) is 5.56 Å². The van der Waals surface area contributed by atoms with Crippen LogP contribution in [0.2, 0.25) is 0 Å². The van der Waals surface area contributed by atoms with E-state index in [0.29, 0.717) is 6.61 Å². The van der Waals surface area contributed by atoms with Crippen LogP contribution in [-0.2, 0) is 13.1 Å². The highest BCUT2D eigenvalue weighted by Crippen LogP contribution is 2.17. The van der Waals surface area contributed by atoms with E-state index in [4.69, 9.17) is 14.6 Å². The van der Waals surface area contributed by atoms with Crippen LogP contribution in [0, 0.1) is 0 Å². The Morgan fingerprint density at radius 2 is 1.73 bits per heavy atom. The molecule has 0 spiro atoms. The molecule has 0 aromatic heterocycles. The molecule has 0 amide bonds. The van der Waals surface area contributed by atoms with E-state index < -0.39 is 0 Å². The van der Waals surface area contributed by atoms with E-state index in [2.05, 4.69) is 11.4 Å². The Labute approximate surface area is 137 Å². The van der Waals surface area contributed by atoms with Crippen molar-refractivity contribution >= 4 is 0 Å². The summed E-state index contributed by atoms with van der Waals surface area (Å²) >= 11 is 0. The zero-order chi connectivity index (χ0) is 14.9. The Kier molecular flexibility index (Phi) is 8.36. The highest BCUT2D eigenvalue weighted by atomic mass is 35.5. The van der Waals surface area contributed by atoms with Crippen molar-refractivity contribution in [3.05, 3.63) is 59.7 Å². The minimum Gasteiger partial charge on any atom is -1.00 e. The van der Waals surface area contributed by atoms with Crippen molar-refractivity contribution in [1.82, 2.24) is 5.32 Å². The van der Waals surface area contributed by atoms with Gasteiger partial charge in [0.05, 0.1) is 13.7 Å². The van der Waals surface area contributed by atoms with Crippen molar-refractivity contribution < 1.29 is 27.0 Å². The third-order valence-corrected chi connectivity index (χ3v) is 3.12. The van der Waals surface area contributed by atoms with Gasteiger partial charge in [-0.25, -0.2) is 0 Å². The molecule has 0 radical (unpaired) electrons. The minimum absolute atomic E-state index is 0. The summed E-state index contributed by atoms with van der Waals surface area (Å²) in [4.78, 5) is 0. The Bertz CT molecular complexity index is 546. The van der Waals surface area contributed by atoms with Gasteiger partial charge in [0, 0.05) is 18.7 Å². The highest BCUT2D eigenvalue weighted by molar-refractivity contribution is 5.33. The lowest BCUT2D eigenvalue weighted by molar-refractivity contribution is -0.00000578. The summed E-state index contributed by atoms with van der Waals surface area (Å²) in [6, 6.07) is 15.8. The summed E-state index contributed by atoms with van der Waals surface area (Å²) in [5.41, 5.74) is 2.32. The van der Waals surface area contributed by atoms with Crippen LogP contribution in [0.4, 0.5) is 0 Å². The molecule has 120 valence electrons. The number of nitrogens with one attached hydrogen (secondary N) is 1. The van der Waals surface area contributed by atoms with Crippen molar-refractivity contribution in [2.45, 2.75) is 13.1 Å². The molecule has 0 saturated carbocycles. The molecule has 2 rings (SSSR count). The lowest BCUT2D eigenvalue weighted by atomic mass is 10.2. The van der Waals surface area contributed by atoms with Crippen LogP contribution in [-0.4, -0.2) is 25.4 Å². The van der Waals surface area contributed by atoms with Gasteiger partial charge in [-0.2, -0.15) is 0 Å². The molecule has 2 aromatic carbocycles. The second-order valence-electron chi connectivity index (χ2n) is 4.63. The standard InChI is InChI=1S/C17H21NO3.ClH/c1-20-17-5-3-2-4-15(17)13-18-12-14-6-8-16(9-7-14)21-11-10-19;/h2-9,18-19H,10-13H2,1H3;1H/p-1. The van der Waals surface area contributed by atoms with Gasteiger partial charge in [0.2, 0.25) is 0 Å². The molecule has 0 heterocycles. The number of aliphatic hydroxyl groups is 1. The first-order chi connectivity index (χ1) is 10.3. The molecule has 5 heteroatoms. The predicted octanol–water partition coefficient (Wildman–Crippen LogP) is -0.640. The number of rotatable bonds is 8. The van der Waals surface area contributed by atoms with Crippen molar-refractivity contribution in [2.24, 2.45) is 0 Å². The molecule has 2 aromatic rings. The van der Waals surface area contributed by atoms with Gasteiger partial charge in [0.1, 0.15) is 18.1 Å². The average molecular weight is 323 g/mol. The van der Waals surface area contributed by atoms with Crippen LogP contribution in [0.3, 0.4) is 0 Å². The zero-order valence-corrected chi connectivity index (χ0v) is 13.3. The van der Waals surface area contributed by atoms with Gasteiger partial charge >= 0.3 is 0 Å². The molecule has 22 heavy (non-hydrogen) atoms. The van der Waals surface area contributed by atoms with E-state index in [-0.39, 0.29) is 19.0 Å². The van der Waals surface area contributed by atoms with Crippen LogP contribution in [0.1, 0.15) is 11.1 Å². The Hall–Kier alpha value is -1.75. The smallest absolute Gasteiger partial charge is 0.123 e. The molecule has 4 nitrogen and oxygen atoms in total. The van der Waals surface area contributed by atoms with E-state index in [0.717, 1.165) is 30.2 Å². The first kappa shape index (κ1) is 18.3. The summed E-state index contributed by atoms with van der Waals surface area (Å²) < 4.78 is 10.7. The number of para-hydroxylation sites is 1. The summed E-state index contributed by atoms with van der Waals surface area (Å²) in [5.74, 6) is 1.68. The number of halogens is 1. The molecule has 0 aliphatic heterocycles. The van der Waals surface area contributed by atoms with Crippen molar-refractivity contribution in [1.29, 1.82) is 0 Å². The maximum absolute atomic E-state index is 8.70. The van der Waals surface area contributed by atoms with Gasteiger partial charge in [-0.05, 0) is 23.8 Å². The fourth-order valence-electron chi connectivity index (χ4n) is 2.06. The highest BCUT2D eigenvalue weighted by Gasteiger charge is 2.01. The number of hydrogen-bond acceptors (Lipinski definition) is 4. The van der Waals surface area contributed by atoms with Gasteiger partial charge in [0.25, 0.3) is 0 Å². The fourth-order valence-corrected chi connectivity index (χ4v) is 2.06. The topological polar surface area (TPSA) is 50.7 Å². The van der Waals surface area contributed by atoms with E-state index in [1.54, 1.807) is 7.11 Å². The van der Waals surface area contributed by atoms with Gasteiger partial charge in [-0.1, -0.05) is 30.3 Å². The first-order valence-corrected chi connectivity index (χ1v) is 6.98. The second-order valence-corrected chi connectivity index (χ2v) is 4.63. The lowest BCUT2D eigenvalue weighted by Crippen LogP contribution is -3.00. The molecule has 0 atom stereocenters. The second kappa shape index (κ2) is 10.1. The van der Waals surface area contributed by atoms with Crippen LogP contribution < -0.4 is 27.2 Å². The van der Waals surface area contributed by atoms with E-state index >= 15 is 0 Å². The normalized spacial score (nSPS) is 9.91. The van der Waals surface area contributed by atoms with Crippen molar-refractivity contribution in [2.75, 3.05) is 20.3 Å². The molecule has 0 unspecified atom stereocenters. The third-order valence-electron chi connectivity index (χ3n) is 3.12. The molecule has 0 fully saturated rings. The Morgan fingerprint density at radius 1 is 1.00 bits per heavy atom. The van der Waals surface area contributed by atoms with Crippen LogP contribution in [0.5, 0.6) is 11.5 Å². The number of aliphatic hydroxyl groups excluding tert-OH is 1. The molecule has 0 saturated heterocycles. The Morgan fingerprint density at radius 3 is 2.41 bits per heavy atom. The molecule has 0 aliphatic carbocycles. The fraction of sp³-hybridized carbons (Fsp3) is 0.294. The predicted molar refractivity (Wildman–Crippen MR) is 82.6 cm³/mol. The third kappa shape index (κ3) is 5.56. The average Bonchev–Trinajstić information content (AvgIpc) is 2.54. The van der Waals surface area contributed by atoms with Gasteiger partial charge in [-0.3, -0.25) is 0 Å².